The van der Waals surface area contributed by atoms with Crippen LogP contribution >= 0.6 is 0 Å². The highest BCUT2D eigenvalue weighted by atomic mass is 19.4. The lowest BCUT2D eigenvalue weighted by molar-refractivity contribution is -0.385. The van der Waals surface area contributed by atoms with E-state index in [2.05, 4.69) is 0 Å². The van der Waals surface area contributed by atoms with Crippen LogP contribution in [0.2, 0.25) is 0 Å². The molecular formula is C19H13F3N2O5. The van der Waals surface area contributed by atoms with Gasteiger partial charge < -0.3 is 9.47 Å². The first-order valence-corrected chi connectivity index (χ1v) is 8.08. The first-order valence-electron chi connectivity index (χ1n) is 8.08. The monoisotopic (exact) mass is 406 g/mol. The van der Waals surface area contributed by atoms with E-state index in [4.69, 9.17) is 14.7 Å². The molecule has 0 radical (unpaired) electrons. The molecule has 0 atom stereocenters. The zero-order valence-electron chi connectivity index (χ0n) is 14.9. The number of carbonyl (C=O) groups excluding carboxylic acids is 1. The van der Waals surface area contributed by atoms with E-state index in [1.54, 1.807) is 13.0 Å². The standard InChI is InChI=1S/C19H13F3N2O5/c1-2-28-18(25)13(11-23)9-12-3-6-15(7-4-12)29-17-8-5-14(19(20,21)22)10-16(17)24(26)27/h3-10H,2H2,1H3/b13-9-. The molecule has 150 valence electrons. The summed E-state index contributed by atoms with van der Waals surface area (Å²) >= 11 is 0. The van der Waals surface area contributed by atoms with Gasteiger partial charge in [0.15, 0.2) is 0 Å². The first kappa shape index (κ1) is 21.4. The number of alkyl halides is 3. The highest BCUT2D eigenvalue weighted by molar-refractivity contribution is 5.97. The number of esters is 1. The fourth-order valence-corrected chi connectivity index (χ4v) is 2.19. The lowest BCUT2D eigenvalue weighted by atomic mass is 10.1. The topological polar surface area (TPSA) is 102 Å². The van der Waals surface area contributed by atoms with E-state index in [1.165, 1.54) is 30.3 Å². The second-order valence-electron chi connectivity index (χ2n) is 5.50. The van der Waals surface area contributed by atoms with E-state index < -0.39 is 28.3 Å². The molecule has 0 spiro atoms. The molecule has 0 aliphatic carbocycles. The van der Waals surface area contributed by atoms with Crippen LogP contribution in [0.25, 0.3) is 6.08 Å². The Morgan fingerprint density at radius 2 is 1.90 bits per heavy atom. The zero-order chi connectivity index (χ0) is 21.6. The summed E-state index contributed by atoms with van der Waals surface area (Å²) in [7, 11) is 0. The molecule has 0 aliphatic rings. The number of nitrogens with zero attached hydrogens (tertiary/aromatic N) is 2. The molecule has 0 saturated heterocycles. The lowest BCUT2D eigenvalue weighted by Gasteiger charge is -2.10. The minimum Gasteiger partial charge on any atom is -0.462 e. The van der Waals surface area contributed by atoms with Gasteiger partial charge in [0.25, 0.3) is 0 Å². The van der Waals surface area contributed by atoms with E-state index >= 15 is 0 Å². The molecule has 0 unspecified atom stereocenters. The number of hydrogen-bond donors (Lipinski definition) is 0. The number of nitriles is 1. The highest BCUT2D eigenvalue weighted by Crippen LogP contribution is 2.37. The van der Waals surface area contributed by atoms with Crippen molar-refractivity contribution in [2.75, 3.05) is 6.61 Å². The Morgan fingerprint density at radius 3 is 2.41 bits per heavy atom. The Balaban J connectivity index is 2.27. The number of rotatable bonds is 6. The zero-order valence-corrected chi connectivity index (χ0v) is 14.9. The van der Waals surface area contributed by atoms with Crippen molar-refractivity contribution < 1.29 is 32.4 Å². The van der Waals surface area contributed by atoms with Crippen LogP contribution in [0, 0.1) is 21.4 Å². The van der Waals surface area contributed by atoms with Crippen molar-refractivity contribution in [2.45, 2.75) is 13.1 Å². The summed E-state index contributed by atoms with van der Waals surface area (Å²) in [5, 5.41) is 20.1. The van der Waals surface area contributed by atoms with Crippen molar-refractivity contribution in [3.05, 3.63) is 69.3 Å². The molecule has 2 aromatic rings. The number of hydrogen-bond acceptors (Lipinski definition) is 6. The largest absolute Gasteiger partial charge is 0.462 e. The van der Waals surface area contributed by atoms with Crippen LogP contribution < -0.4 is 4.74 Å². The van der Waals surface area contributed by atoms with Crippen LogP contribution in [0.3, 0.4) is 0 Å². The molecule has 0 heterocycles. The van der Waals surface area contributed by atoms with Crippen molar-refractivity contribution in [3.8, 4) is 17.6 Å². The van der Waals surface area contributed by atoms with Gasteiger partial charge in [0.1, 0.15) is 17.4 Å². The minimum absolute atomic E-state index is 0.108. The number of benzene rings is 2. The van der Waals surface area contributed by atoms with Gasteiger partial charge in [-0.3, -0.25) is 10.1 Å². The molecule has 2 rings (SSSR count). The number of nitro benzene ring substituents is 1. The first-order chi connectivity index (χ1) is 13.7. The van der Waals surface area contributed by atoms with Gasteiger partial charge in [0.2, 0.25) is 5.75 Å². The molecule has 10 heteroatoms. The predicted octanol–water partition coefficient (Wildman–Crippen LogP) is 4.88. The molecule has 0 saturated carbocycles. The molecule has 7 nitrogen and oxygen atoms in total. The van der Waals surface area contributed by atoms with Crippen molar-refractivity contribution in [2.24, 2.45) is 0 Å². The molecule has 2 aromatic carbocycles. The average molecular weight is 406 g/mol. The van der Waals surface area contributed by atoms with E-state index in [0.717, 1.165) is 6.07 Å². The van der Waals surface area contributed by atoms with Crippen LogP contribution in [0.15, 0.2) is 48.0 Å². The maximum absolute atomic E-state index is 12.7. The Kier molecular flexibility index (Phi) is 6.56. The van der Waals surface area contributed by atoms with Crippen molar-refractivity contribution in [1.82, 2.24) is 0 Å². The maximum Gasteiger partial charge on any atom is 0.416 e. The van der Waals surface area contributed by atoms with Gasteiger partial charge in [-0.2, -0.15) is 18.4 Å². The van der Waals surface area contributed by atoms with Gasteiger partial charge in [-0.15, -0.1) is 0 Å². The van der Waals surface area contributed by atoms with Crippen molar-refractivity contribution in [3.63, 3.8) is 0 Å². The van der Waals surface area contributed by atoms with Crippen LogP contribution in [0.4, 0.5) is 18.9 Å². The van der Waals surface area contributed by atoms with Gasteiger partial charge in [0.05, 0.1) is 17.1 Å². The van der Waals surface area contributed by atoms with Gasteiger partial charge in [-0.1, -0.05) is 12.1 Å². The molecule has 0 bridgehead atoms. The summed E-state index contributed by atoms with van der Waals surface area (Å²) in [6.07, 6.45) is -3.45. The third-order valence-electron chi connectivity index (χ3n) is 3.52. The van der Waals surface area contributed by atoms with Crippen LogP contribution in [0.1, 0.15) is 18.1 Å². The highest BCUT2D eigenvalue weighted by Gasteiger charge is 2.33. The van der Waals surface area contributed by atoms with Gasteiger partial charge in [0, 0.05) is 6.07 Å². The van der Waals surface area contributed by atoms with E-state index in [1.807, 2.05) is 0 Å². The Labute approximate surface area is 162 Å². The second kappa shape index (κ2) is 8.88. The van der Waals surface area contributed by atoms with Crippen LogP contribution in [0.5, 0.6) is 11.5 Å². The summed E-state index contributed by atoms with van der Waals surface area (Å²) in [5.41, 5.74) is -1.78. The van der Waals surface area contributed by atoms with Gasteiger partial charge >= 0.3 is 17.8 Å². The third kappa shape index (κ3) is 5.55. The van der Waals surface area contributed by atoms with E-state index in [-0.39, 0.29) is 23.7 Å². The second-order valence-corrected chi connectivity index (χ2v) is 5.50. The van der Waals surface area contributed by atoms with Gasteiger partial charge in [-0.25, -0.2) is 4.79 Å². The maximum atomic E-state index is 12.7. The number of nitro groups is 1. The molecule has 29 heavy (non-hydrogen) atoms. The summed E-state index contributed by atoms with van der Waals surface area (Å²) in [6.45, 7) is 1.70. The Bertz CT molecular complexity index is 992. The minimum atomic E-state index is -4.73. The van der Waals surface area contributed by atoms with E-state index in [9.17, 15) is 28.1 Å². The SMILES string of the molecule is CCOC(=O)/C(C#N)=C\c1ccc(Oc2ccc(C(F)(F)F)cc2[N+](=O)[O-])cc1. The summed E-state index contributed by atoms with van der Waals surface area (Å²) in [5.74, 6) is -1.04. The number of ether oxygens (including phenoxy) is 2. The number of carbonyl (C=O) groups is 1. The summed E-state index contributed by atoms with van der Waals surface area (Å²) in [4.78, 5) is 21.7. The fourth-order valence-electron chi connectivity index (χ4n) is 2.19. The van der Waals surface area contributed by atoms with Gasteiger partial charge in [-0.05, 0) is 42.8 Å². The van der Waals surface area contributed by atoms with Crippen LogP contribution in [-0.2, 0) is 15.7 Å². The van der Waals surface area contributed by atoms with Crippen molar-refractivity contribution in [1.29, 1.82) is 5.26 Å². The normalized spacial score (nSPS) is 11.5. The third-order valence-corrected chi connectivity index (χ3v) is 3.52. The predicted molar refractivity (Wildman–Crippen MR) is 94.8 cm³/mol. The summed E-state index contributed by atoms with van der Waals surface area (Å²) < 4.78 is 48.3. The average Bonchev–Trinajstić information content (AvgIpc) is 2.66. The molecule has 0 fully saturated rings. The smallest absolute Gasteiger partial charge is 0.416 e. The van der Waals surface area contributed by atoms with E-state index in [0.29, 0.717) is 17.7 Å². The Hall–Kier alpha value is -3.87. The quantitative estimate of drug-likeness (QED) is 0.223. The summed E-state index contributed by atoms with van der Waals surface area (Å²) in [6, 6.07) is 9.34. The Morgan fingerprint density at radius 1 is 1.24 bits per heavy atom. The molecule has 0 aliphatic heterocycles. The molecule has 0 amide bonds. The molecule has 0 N–H and O–H groups in total. The van der Waals surface area contributed by atoms with Crippen LogP contribution in [-0.4, -0.2) is 17.5 Å². The molecular weight excluding hydrogens is 393 g/mol. The number of halogens is 3. The molecule has 0 aromatic heterocycles. The van der Waals surface area contributed by atoms with Crippen molar-refractivity contribution >= 4 is 17.7 Å². The fraction of sp³-hybridized carbons (Fsp3) is 0.158. The lowest BCUT2D eigenvalue weighted by Crippen LogP contribution is -2.06.